The number of halogens is 1. The number of aromatic nitrogens is 3. The minimum absolute atomic E-state index is 0.0468. The molecule has 1 aromatic heterocycles. The van der Waals surface area contributed by atoms with Gasteiger partial charge < -0.3 is 24.4 Å². The molecule has 0 saturated carbocycles. The molecule has 59 heavy (non-hydrogen) atoms. The molecule has 2 saturated heterocycles. The third-order valence-electron chi connectivity index (χ3n) is 13.1. The fourth-order valence-electron chi connectivity index (χ4n) is 10.0. The van der Waals surface area contributed by atoms with Gasteiger partial charge in [0.25, 0.3) is 5.91 Å². The Balaban J connectivity index is 1.13. The van der Waals surface area contributed by atoms with Gasteiger partial charge in [0.15, 0.2) is 5.60 Å². The summed E-state index contributed by atoms with van der Waals surface area (Å²) in [6.07, 6.45) is 6.94. The lowest BCUT2D eigenvalue weighted by Gasteiger charge is -2.37. The van der Waals surface area contributed by atoms with Gasteiger partial charge in [0.1, 0.15) is 5.75 Å². The van der Waals surface area contributed by atoms with Crippen LogP contribution in [0.2, 0.25) is 18.6 Å². The van der Waals surface area contributed by atoms with Crippen molar-refractivity contribution >= 4 is 52.4 Å². The van der Waals surface area contributed by atoms with Crippen LogP contribution in [-0.2, 0) is 33.0 Å². The summed E-state index contributed by atoms with van der Waals surface area (Å²) < 4.78 is 15.7. The van der Waals surface area contributed by atoms with Crippen molar-refractivity contribution in [1.82, 2.24) is 15.0 Å². The largest absolute Gasteiger partial charge is 0.497 e. The minimum atomic E-state index is -2.38. The molecule has 308 valence electrons. The summed E-state index contributed by atoms with van der Waals surface area (Å²) in [4.78, 5) is 32.5. The molecule has 10 nitrogen and oxygen atoms in total. The molecule has 5 atom stereocenters. The highest BCUT2D eigenvalue weighted by Crippen LogP contribution is 2.60. The lowest BCUT2D eigenvalue weighted by molar-refractivity contribution is -0.146. The van der Waals surface area contributed by atoms with Crippen LogP contribution in [0.25, 0.3) is 0 Å². The predicted molar refractivity (Wildman–Crippen MR) is 237 cm³/mol. The summed E-state index contributed by atoms with van der Waals surface area (Å²) in [6.45, 7) is 8.50. The number of aliphatic hydroxyl groups excluding tert-OH is 1. The molecule has 12 heteroatoms. The Labute approximate surface area is 356 Å². The number of fused-ring (bicyclic) bond motifs is 2. The molecule has 8 rings (SSSR count). The van der Waals surface area contributed by atoms with E-state index in [9.17, 15) is 9.90 Å². The molecule has 0 radical (unpaired) electrons. The highest BCUT2D eigenvalue weighted by Gasteiger charge is 2.66. The number of amides is 2. The molecule has 2 amide bonds. The number of hydrogen-bond donors (Lipinski definition) is 1. The monoisotopic (exact) mass is 875 g/mol. The number of benzene rings is 4. The predicted octanol–water partition coefficient (Wildman–Crippen LogP) is 8.32. The highest BCUT2D eigenvalue weighted by atomic mass is 79.9. The zero-order valence-electron chi connectivity index (χ0n) is 34.4. The Kier molecular flexibility index (Phi) is 12.0. The number of carbonyl (C=O) groups excluding carboxylic acids is 2. The second-order valence-corrected chi connectivity index (χ2v) is 22.5. The fraction of sp³-hybridized carbons (Fsp3) is 0.404. The number of methoxy groups -OCH3 is 1. The van der Waals surface area contributed by atoms with Crippen LogP contribution in [0.3, 0.4) is 0 Å². The van der Waals surface area contributed by atoms with Gasteiger partial charge in [-0.15, -0.1) is 5.10 Å². The lowest BCUT2D eigenvalue weighted by atomic mass is 9.82. The summed E-state index contributed by atoms with van der Waals surface area (Å²) >= 11 is 3.75. The number of rotatable bonds is 12. The van der Waals surface area contributed by atoms with E-state index < -0.39 is 13.7 Å². The first-order valence-corrected chi connectivity index (χ1v) is 24.8. The Morgan fingerprint density at radius 1 is 0.966 bits per heavy atom. The number of anilines is 2. The number of aryl methyl sites for hydroxylation is 1. The third-order valence-corrected chi connectivity index (χ3v) is 18.0. The Morgan fingerprint density at radius 2 is 1.75 bits per heavy atom. The molecule has 1 N–H and O–H groups in total. The topological polar surface area (TPSA) is 110 Å². The summed E-state index contributed by atoms with van der Waals surface area (Å²) in [7, 11) is -0.701. The van der Waals surface area contributed by atoms with Gasteiger partial charge in [0, 0.05) is 47.3 Å². The van der Waals surface area contributed by atoms with Crippen LogP contribution in [0.15, 0.2) is 108 Å². The quantitative estimate of drug-likeness (QED) is 0.126. The van der Waals surface area contributed by atoms with E-state index in [1.54, 1.807) is 7.11 Å². The fourth-order valence-corrected chi connectivity index (χ4v) is 14.5. The molecule has 0 bridgehead atoms. The molecular weight excluding hydrogens is 823 g/mol. The van der Waals surface area contributed by atoms with E-state index in [0.29, 0.717) is 38.2 Å². The Morgan fingerprint density at radius 3 is 2.51 bits per heavy atom. The van der Waals surface area contributed by atoms with Crippen molar-refractivity contribution in [3.05, 3.63) is 130 Å². The van der Waals surface area contributed by atoms with E-state index in [0.717, 1.165) is 64.0 Å². The first-order valence-electron chi connectivity index (χ1n) is 20.9. The molecule has 4 heterocycles. The van der Waals surface area contributed by atoms with Crippen LogP contribution in [0.4, 0.5) is 11.4 Å². The maximum absolute atomic E-state index is 15.5. The molecule has 1 unspecified atom stereocenters. The maximum Gasteiger partial charge on any atom is 0.264 e. The first kappa shape index (κ1) is 41.1. The van der Waals surface area contributed by atoms with Crippen LogP contribution in [0.5, 0.6) is 5.75 Å². The van der Waals surface area contributed by atoms with Gasteiger partial charge in [-0.05, 0) is 78.4 Å². The van der Waals surface area contributed by atoms with Crippen molar-refractivity contribution in [2.45, 2.75) is 94.8 Å². The van der Waals surface area contributed by atoms with Crippen molar-refractivity contribution in [1.29, 1.82) is 0 Å². The molecule has 0 aliphatic carbocycles. The summed E-state index contributed by atoms with van der Waals surface area (Å²) in [5, 5.41) is 20.6. The van der Waals surface area contributed by atoms with Gasteiger partial charge >= 0.3 is 0 Å². The van der Waals surface area contributed by atoms with Crippen molar-refractivity contribution in [2.24, 2.45) is 5.92 Å². The average molecular weight is 877 g/mol. The zero-order valence-corrected chi connectivity index (χ0v) is 37.0. The molecule has 1 spiro atoms. The molecule has 4 aromatic carbocycles. The number of carbonyl (C=O) groups is 2. The van der Waals surface area contributed by atoms with E-state index in [2.05, 4.69) is 70.5 Å². The van der Waals surface area contributed by atoms with E-state index in [1.165, 1.54) is 5.19 Å². The SMILES string of the molecule is COc1ccc([Si](C)(C)[C@@H]2[C@@H](CCn3cc(C(CO)c4ccccc4)nn3)O[C@]3(C(=O)N(Cc4cccc(N5CCCCCCC5=O)c4)c4ccc(Br)cc43)[C@H]2C)cc1. The number of hydrogen-bond acceptors (Lipinski definition) is 7. The number of nitrogens with zero attached hydrogens (tertiary/aromatic N) is 5. The third kappa shape index (κ3) is 7.80. The maximum atomic E-state index is 15.5. The summed E-state index contributed by atoms with van der Waals surface area (Å²) in [6, 6.07) is 32.5. The second-order valence-electron chi connectivity index (χ2n) is 16.9. The number of ether oxygens (including phenoxy) is 2. The molecule has 3 aliphatic heterocycles. The van der Waals surface area contributed by atoms with Crippen molar-refractivity contribution in [2.75, 3.05) is 30.1 Å². The Hall–Kier alpha value is -4.62. The first-order chi connectivity index (χ1) is 28.5. The highest BCUT2D eigenvalue weighted by molar-refractivity contribution is 9.10. The van der Waals surface area contributed by atoms with E-state index in [4.69, 9.17) is 9.47 Å². The van der Waals surface area contributed by atoms with Crippen LogP contribution in [-0.4, -0.2) is 66.4 Å². The van der Waals surface area contributed by atoms with E-state index in [1.807, 2.05) is 93.5 Å². The smallest absolute Gasteiger partial charge is 0.264 e. The van der Waals surface area contributed by atoms with Gasteiger partial charge in [-0.3, -0.25) is 14.3 Å². The molecule has 3 aliphatic rings. The second kappa shape index (κ2) is 17.2. The van der Waals surface area contributed by atoms with Crippen LogP contribution in [0, 0.1) is 5.92 Å². The zero-order chi connectivity index (χ0) is 41.3. The average Bonchev–Trinajstić information content (AvgIpc) is 3.89. The van der Waals surface area contributed by atoms with Crippen molar-refractivity contribution < 1.29 is 24.2 Å². The van der Waals surface area contributed by atoms with E-state index >= 15 is 4.79 Å². The Bertz CT molecular complexity index is 2290. The van der Waals surface area contributed by atoms with Crippen LogP contribution in [0.1, 0.15) is 73.8 Å². The van der Waals surface area contributed by atoms with E-state index in [-0.39, 0.29) is 41.9 Å². The van der Waals surface area contributed by atoms with Gasteiger partial charge in [-0.1, -0.05) is 114 Å². The summed E-state index contributed by atoms with van der Waals surface area (Å²) in [5.74, 6) is 0.455. The van der Waals surface area contributed by atoms with Gasteiger partial charge in [0.2, 0.25) is 5.91 Å². The minimum Gasteiger partial charge on any atom is -0.497 e. The van der Waals surface area contributed by atoms with Crippen LogP contribution < -0.4 is 19.7 Å². The van der Waals surface area contributed by atoms with Gasteiger partial charge in [-0.2, -0.15) is 0 Å². The van der Waals surface area contributed by atoms with Gasteiger partial charge in [-0.25, -0.2) is 0 Å². The van der Waals surface area contributed by atoms with Gasteiger partial charge in [0.05, 0.1) is 51.7 Å². The van der Waals surface area contributed by atoms with Crippen LogP contribution >= 0.6 is 15.9 Å². The normalized spacial score (nSPS) is 22.7. The van der Waals surface area contributed by atoms with Crippen molar-refractivity contribution in [3.63, 3.8) is 0 Å². The van der Waals surface area contributed by atoms with Crippen molar-refractivity contribution in [3.8, 4) is 5.75 Å². The standard InChI is InChI=1S/C47H54BrN5O5Si/c1-32-45(59(3,4)38-21-19-37(57-2)20-22-38)43(24-26-51-30-41(49-50-51)39(31-54)34-14-8-7-9-15-34)58-47(32)40-28-35(48)18-23-42(40)53(46(47)56)29-33-13-12-16-36(27-33)52-25-11-6-5-10-17-44(52)55/h7-9,12-16,18-23,27-28,30,32,39,43,45,54H,5-6,10-11,17,24-26,29,31H2,1-4H3/t32-,39?,43+,45-,47+/m0/s1. The number of aliphatic hydroxyl groups is 1. The molecular formula is C47H54BrN5O5Si. The molecule has 5 aromatic rings. The summed E-state index contributed by atoms with van der Waals surface area (Å²) in [5.41, 5.74) is 4.09. The molecule has 2 fully saturated rings. The lowest BCUT2D eigenvalue weighted by Crippen LogP contribution is -2.51.